The lowest BCUT2D eigenvalue weighted by molar-refractivity contribution is 0.287. The second-order valence-corrected chi connectivity index (χ2v) is 9.29. The van der Waals surface area contributed by atoms with E-state index in [1.54, 1.807) is 12.1 Å². The summed E-state index contributed by atoms with van der Waals surface area (Å²) in [7, 11) is -3.81. The summed E-state index contributed by atoms with van der Waals surface area (Å²) in [6, 6.07) is 11.0. The van der Waals surface area contributed by atoms with Crippen molar-refractivity contribution in [1.29, 1.82) is 5.26 Å². The first-order valence-electron chi connectivity index (χ1n) is 8.48. The van der Waals surface area contributed by atoms with Crippen LogP contribution in [0, 0.1) is 17.2 Å². The van der Waals surface area contributed by atoms with Crippen molar-refractivity contribution in [2.24, 2.45) is 5.92 Å². The summed E-state index contributed by atoms with van der Waals surface area (Å²) in [4.78, 5) is -0.0489. The van der Waals surface area contributed by atoms with Crippen molar-refractivity contribution in [1.82, 2.24) is 4.31 Å². The topological polar surface area (TPSA) is 70.4 Å². The van der Waals surface area contributed by atoms with Crippen molar-refractivity contribution in [3.63, 3.8) is 0 Å². The average Bonchev–Trinajstić information content (AvgIpc) is 2.65. The van der Waals surface area contributed by atoms with Gasteiger partial charge in [0.1, 0.15) is 16.4 Å². The van der Waals surface area contributed by atoms with E-state index < -0.39 is 10.0 Å². The van der Waals surface area contributed by atoms with Crippen molar-refractivity contribution >= 4 is 33.2 Å². The number of hydrogen-bond donors (Lipinski definition) is 0. The highest BCUT2D eigenvalue weighted by atomic mass is 35.5. The van der Waals surface area contributed by atoms with E-state index in [-0.39, 0.29) is 22.0 Å². The number of ether oxygens (including phenoxy) is 1. The first-order chi connectivity index (χ1) is 12.8. The van der Waals surface area contributed by atoms with Gasteiger partial charge >= 0.3 is 0 Å². The van der Waals surface area contributed by atoms with Crippen LogP contribution in [0.2, 0.25) is 10.0 Å². The van der Waals surface area contributed by atoms with Crippen molar-refractivity contribution in [2.75, 3.05) is 13.1 Å². The monoisotopic (exact) mass is 424 g/mol. The van der Waals surface area contributed by atoms with Gasteiger partial charge in [-0.25, -0.2) is 8.42 Å². The Hall–Kier alpha value is -1.78. The Morgan fingerprint density at radius 3 is 2.48 bits per heavy atom. The summed E-state index contributed by atoms with van der Waals surface area (Å²) in [5.74, 6) is 0.845. The van der Waals surface area contributed by atoms with Crippen LogP contribution < -0.4 is 4.74 Å². The molecule has 1 fully saturated rings. The molecule has 5 nitrogen and oxygen atoms in total. The molecule has 0 unspecified atom stereocenters. The van der Waals surface area contributed by atoms with E-state index in [4.69, 9.17) is 27.9 Å². The standard InChI is InChI=1S/C19H18Cl2N2O3S/c1-13-6-8-23(9-7-13)27(24,25)19-10-14(12-22)2-5-17(19)26-18-11-15(20)3-4-16(18)21/h2-5,10-11,13H,6-9H2,1H3. The van der Waals surface area contributed by atoms with Gasteiger partial charge in [-0.05, 0) is 49.1 Å². The molecule has 0 radical (unpaired) electrons. The third-order valence-corrected chi connectivity index (χ3v) is 7.01. The van der Waals surface area contributed by atoms with Gasteiger partial charge in [-0.2, -0.15) is 9.57 Å². The zero-order valence-electron chi connectivity index (χ0n) is 14.7. The van der Waals surface area contributed by atoms with Crippen LogP contribution in [0.15, 0.2) is 41.3 Å². The summed E-state index contributed by atoms with van der Waals surface area (Å²) in [6.45, 7) is 2.99. The number of benzene rings is 2. The van der Waals surface area contributed by atoms with Gasteiger partial charge in [0.05, 0.1) is 16.7 Å². The Labute approximate surface area is 169 Å². The van der Waals surface area contributed by atoms with Gasteiger partial charge in [-0.1, -0.05) is 30.1 Å². The van der Waals surface area contributed by atoms with E-state index in [2.05, 4.69) is 6.92 Å². The fourth-order valence-corrected chi connectivity index (χ4v) is 4.83. The Bertz CT molecular complexity index is 994. The SMILES string of the molecule is CC1CCN(S(=O)(=O)c2cc(C#N)ccc2Oc2cc(Cl)ccc2Cl)CC1. The molecule has 0 aromatic heterocycles. The van der Waals surface area contributed by atoms with Crippen LogP contribution in [0.4, 0.5) is 0 Å². The Kier molecular flexibility index (Phi) is 5.97. The summed E-state index contributed by atoms with van der Waals surface area (Å²) in [5.41, 5.74) is 0.239. The minimum atomic E-state index is -3.81. The number of nitrogens with zero attached hydrogens (tertiary/aromatic N) is 2. The highest BCUT2D eigenvalue weighted by Gasteiger charge is 2.31. The van der Waals surface area contributed by atoms with Crippen molar-refractivity contribution in [3.05, 3.63) is 52.0 Å². The van der Waals surface area contributed by atoms with E-state index >= 15 is 0 Å². The Morgan fingerprint density at radius 1 is 1.11 bits per heavy atom. The van der Waals surface area contributed by atoms with Crippen LogP contribution in [0.1, 0.15) is 25.3 Å². The second-order valence-electron chi connectivity index (χ2n) is 6.54. The molecule has 142 valence electrons. The van der Waals surface area contributed by atoms with Crippen molar-refractivity contribution in [2.45, 2.75) is 24.7 Å². The molecule has 0 saturated carbocycles. The fraction of sp³-hybridized carbons (Fsp3) is 0.316. The minimum Gasteiger partial charge on any atom is -0.454 e. The molecule has 0 amide bonds. The molecule has 0 aliphatic carbocycles. The molecule has 3 rings (SSSR count). The molecule has 1 saturated heterocycles. The van der Waals surface area contributed by atoms with Gasteiger partial charge in [-0.3, -0.25) is 0 Å². The molecule has 1 heterocycles. The van der Waals surface area contributed by atoms with Crippen molar-refractivity contribution in [3.8, 4) is 17.6 Å². The van der Waals surface area contributed by atoms with Crippen LogP contribution in [0.25, 0.3) is 0 Å². The lowest BCUT2D eigenvalue weighted by Crippen LogP contribution is -2.38. The average molecular weight is 425 g/mol. The van der Waals surface area contributed by atoms with Crippen LogP contribution in [-0.2, 0) is 10.0 Å². The first kappa shape index (κ1) is 20.0. The number of piperidine rings is 1. The lowest BCUT2D eigenvalue weighted by atomic mass is 10.0. The van der Waals surface area contributed by atoms with E-state index in [0.29, 0.717) is 29.1 Å². The quantitative estimate of drug-likeness (QED) is 0.685. The molecule has 8 heteroatoms. The normalized spacial score (nSPS) is 16.1. The van der Waals surface area contributed by atoms with Crippen LogP contribution in [-0.4, -0.2) is 25.8 Å². The smallest absolute Gasteiger partial charge is 0.246 e. The first-order valence-corrected chi connectivity index (χ1v) is 10.7. The van der Waals surface area contributed by atoms with Crippen LogP contribution in [0.3, 0.4) is 0 Å². The van der Waals surface area contributed by atoms with Crippen LogP contribution in [0.5, 0.6) is 11.5 Å². The van der Waals surface area contributed by atoms with Gasteiger partial charge in [-0.15, -0.1) is 0 Å². The lowest BCUT2D eigenvalue weighted by Gasteiger charge is -2.30. The summed E-state index contributed by atoms with van der Waals surface area (Å²) >= 11 is 12.1. The maximum absolute atomic E-state index is 13.2. The largest absolute Gasteiger partial charge is 0.454 e. The molecule has 27 heavy (non-hydrogen) atoms. The zero-order chi connectivity index (χ0) is 19.6. The third kappa shape index (κ3) is 4.39. The van der Waals surface area contributed by atoms with Gasteiger partial charge in [0.15, 0.2) is 0 Å². The highest BCUT2D eigenvalue weighted by molar-refractivity contribution is 7.89. The summed E-state index contributed by atoms with van der Waals surface area (Å²) < 4.78 is 33.6. The second kappa shape index (κ2) is 8.07. The Morgan fingerprint density at radius 2 is 1.81 bits per heavy atom. The molecule has 2 aromatic carbocycles. The van der Waals surface area contributed by atoms with Gasteiger partial charge in [0.25, 0.3) is 0 Å². The molecule has 0 spiro atoms. The molecular weight excluding hydrogens is 407 g/mol. The minimum absolute atomic E-state index is 0.0489. The van der Waals surface area contributed by atoms with E-state index in [0.717, 1.165) is 12.8 Å². The molecule has 0 atom stereocenters. The fourth-order valence-electron chi connectivity index (χ4n) is 2.90. The number of nitriles is 1. The predicted octanol–water partition coefficient (Wildman–Crippen LogP) is 5.08. The van der Waals surface area contributed by atoms with E-state index in [9.17, 15) is 13.7 Å². The van der Waals surface area contributed by atoms with Gasteiger partial charge in [0, 0.05) is 24.2 Å². The van der Waals surface area contributed by atoms with Crippen molar-refractivity contribution < 1.29 is 13.2 Å². The molecular formula is C19H18Cl2N2O3S. The Balaban J connectivity index is 2.03. The molecule has 2 aromatic rings. The summed E-state index contributed by atoms with van der Waals surface area (Å²) in [5, 5.41) is 9.92. The maximum atomic E-state index is 13.2. The highest BCUT2D eigenvalue weighted by Crippen LogP contribution is 2.37. The molecule has 0 bridgehead atoms. The number of rotatable bonds is 4. The number of hydrogen-bond acceptors (Lipinski definition) is 4. The molecule has 1 aliphatic rings. The predicted molar refractivity (Wildman–Crippen MR) is 105 cm³/mol. The van der Waals surface area contributed by atoms with E-state index in [1.807, 2.05) is 6.07 Å². The van der Waals surface area contributed by atoms with E-state index in [1.165, 1.54) is 28.6 Å². The zero-order valence-corrected chi connectivity index (χ0v) is 17.0. The van der Waals surface area contributed by atoms with Gasteiger partial charge < -0.3 is 4.74 Å². The number of sulfonamides is 1. The third-order valence-electron chi connectivity index (χ3n) is 4.55. The number of halogens is 2. The van der Waals surface area contributed by atoms with Gasteiger partial charge in [0.2, 0.25) is 10.0 Å². The maximum Gasteiger partial charge on any atom is 0.246 e. The summed E-state index contributed by atoms with van der Waals surface area (Å²) in [6.07, 6.45) is 1.60. The van der Waals surface area contributed by atoms with Crippen LogP contribution >= 0.6 is 23.2 Å². The molecule has 1 aliphatic heterocycles. The molecule has 0 N–H and O–H groups in total.